The number of ketones is 1. The fourth-order valence-corrected chi connectivity index (χ4v) is 13.4. The SMILES string of the molecule is C=C(Br)C[C@H](CC[C@@]12C[C@H]3O[C@H]4[C@@H](O1)[C@H]1O[C@@H](CC(=O)CC5[C@H](CC6O[C@@H](CCC=O)C[C@@H](C)C6=C)O[C@H](C[C@H](C)CO[Si](C)(C)C(C)(C)C)[C@@H]5C)CC[C@@H]1O[C@H]4[C@H]3O2)OC(=O)c1ccccc1. The molecule has 0 aliphatic carbocycles. The number of rotatable bonds is 21. The Balaban J connectivity index is 0.924. The van der Waals surface area contributed by atoms with Crippen molar-refractivity contribution in [3.63, 3.8) is 0 Å². The highest BCUT2D eigenvalue weighted by molar-refractivity contribution is 9.11. The van der Waals surface area contributed by atoms with Crippen molar-refractivity contribution in [2.75, 3.05) is 6.61 Å². The first-order chi connectivity index (χ1) is 32.2. The quantitative estimate of drug-likeness (QED) is 0.0502. The van der Waals surface area contributed by atoms with Crippen LogP contribution >= 0.6 is 15.9 Å². The average molecular weight is 1030 g/mol. The maximum atomic E-state index is 14.4. The molecule has 8 aliphatic rings. The zero-order valence-electron chi connectivity index (χ0n) is 41.9. The van der Waals surface area contributed by atoms with Gasteiger partial charge >= 0.3 is 5.97 Å². The van der Waals surface area contributed by atoms with E-state index in [1.165, 1.54) is 0 Å². The molecule has 0 N–H and O–H groups in total. The van der Waals surface area contributed by atoms with Crippen LogP contribution < -0.4 is 0 Å². The number of aldehydes is 1. The standard InChI is InChI=1S/C54H79BrO12Si/c1-31(30-59-68(9,10)53(6,7)8)23-43-35(5)41(45(63-43)28-44-34(4)32(2)24-38(60-44)17-14-22-56)27-37(57)26-39-18-19-42-47(61-39)51-50-49(64-42)48-46(65-50)29-54(66-48,67-51)21-20-40(25-33(3)55)62-52(58)36-15-12-11-13-16-36/h11-13,15-16,22,31-32,35,38-51H,3-4,14,17-21,23-30H2,1-2,5-10H3/t31-,32+,35+,38-,39+,40-,41?,42-,43+,44?,45-,46+,47-,48-,49-,50+,51-,54-/m0/s1. The third-order valence-corrected chi connectivity index (χ3v) is 21.7. The second-order valence-corrected chi connectivity index (χ2v) is 29.0. The van der Waals surface area contributed by atoms with Crippen LogP contribution in [0.5, 0.6) is 0 Å². The fourth-order valence-electron chi connectivity index (χ4n) is 11.9. The number of fused-ring (bicyclic) bond motifs is 1. The van der Waals surface area contributed by atoms with E-state index in [9.17, 15) is 14.4 Å². The van der Waals surface area contributed by atoms with E-state index >= 15 is 0 Å². The number of Topliss-reactive ketones (excluding diaryl/α,β-unsaturated/α-hetero) is 1. The van der Waals surface area contributed by atoms with Gasteiger partial charge in [0.15, 0.2) is 14.1 Å². The lowest BCUT2D eigenvalue weighted by Crippen LogP contribution is -2.61. The number of hydrogen-bond acceptors (Lipinski definition) is 12. The average Bonchev–Trinajstić information content (AvgIpc) is 3.83. The van der Waals surface area contributed by atoms with Crippen LogP contribution in [0.1, 0.15) is 135 Å². The Morgan fingerprint density at radius 3 is 2.37 bits per heavy atom. The molecule has 378 valence electrons. The van der Waals surface area contributed by atoms with Crippen molar-refractivity contribution < 1.29 is 56.7 Å². The number of esters is 1. The predicted octanol–water partition coefficient (Wildman–Crippen LogP) is 10.4. The molecule has 1 aromatic carbocycles. The van der Waals surface area contributed by atoms with Gasteiger partial charge in [0.1, 0.15) is 48.7 Å². The molecule has 6 bridgehead atoms. The molecule has 18 atom stereocenters. The number of carbonyl (C=O) groups is 3. The molecule has 0 saturated carbocycles. The van der Waals surface area contributed by atoms with Gasteiger partial charge in [0.05, 0.1) is 48.3 Å². The zero-order chi connectivity index (χ0) is 48.7. The highest BCUT2D eigenvalue weighted by Crippen LogP contribution is 2.54. The Morgan fingerprint density at radius 1 is 0.926 bits per heavy atom. The first-order valence-corrected chi connectivity index (χ1v) is 29.4. The normalized spacial score (nSPS) is 38.4. The molecule has 8 saturated heterocycles. The van der Waals surface area contributed by atoms with E-state index in [-0.39, 0.29) is 108 Å². The molecular formula is C54H79BrO12Si. The van der Waals surface area contributed by atoms with Crippen LogP contribution in [-0.4, -0.2) is 118 Å². The van der Waals surface area contributed by atoms with E-state index in [1.807, 2.05) is 18.2 Å². The van der Waals surface area contributed by atoms with E-state index in [0.717, 1.165) is 35.6 Å². The maximum Gasteiger partial charge on any atom is 0.338 e. The highest BCUT2D eigenvalue weighted by atomic mass is 79.9. The van der Waals surface area contributed by atoms with E-state index < -0.39 is 32.4 Å². The molecule has 0 spiro atoms. The first-order valence-electron chi connectivity index (χ1n) is 25.7. The number of halogens is 1. The summed E-state index contributed by atoms with van der Waals surface area (Å²) in [6, 6.07) is 9.00. The van der Waals surface area contributed by atoms with Gasteiger partial charge in [-0.1, -0.05) is 88.8 Å². The lowest BCUT2D eigenvalue weighted by atomic mass is 9.78. The van der Waals surface area contributed by atoms with Gasteiger partial charge in [0.25, 0.3) is 0 Å². The smallest absolute Gasteiger partial charge is 0.338 e. The third kappa shape index (κ3) is 11.7. The van der Waals surface area contributed by atoms with Crippen molar-refractivity contribution in [2.45, 2.75) is 228 Å². The van der Waals surface area contributed by atoms with Gasteiger partial charge in [-0.2, -0.15) is 0 Å². The molecule has 8 aliphatic heterocycles. The van der Waals surface area contributed by atoms with Gasteiger partial charge in [-0.15, -0.1) is 0 Å². The Labute approximate surface area is 414 Å². The highest BCUT2D eigenvalue weighted by Gasteiger charge is 2.68. The molecule has 2 unspecified atom stereocenters. The van der Waals surface area contributed by atoms with E-state index in [2.05, 4.69) is 83.7 Å². The monoisotopic (exact) mass is 1030 g/mol. The molecule has 12 nitrogen and oxygen atoms in total. The minimum atomic E-state index is -1.92. The van der Waals surface area contributed by atoms with Gasteiger partial charge < -0.3 is 47.1 Å². The van der Waals surface area contributed by atoms with Crippen molar-refractivity contribution in [1.82, 2.24) is 0 Å². The lowest BCUT2D eigenvalue weighted by Gasteiger charge is -2.47. The topological polar surface area (TPSA) is 134 Å². The van der Waals surface area contributed by atoms with Crippen LogP contribution in [-0.2, 0) is 51.9 Å². The minimum Gasteiger partial charge on any atom is -0.458 e. The van der Waals surface area contributed by atoms with Crippen LogP contribution in [0.4, 0.5) is 0 Å². The summed E-state index contributed by atoms with van der Waals surface area (Å²) in [5.41, 5.74) is 1.56. The Bertz CT molecular complexity index is 1960. The summed E-state index contributed by atoms with van der Waals surface area (Å²) in [5.74, 6) is -0.493. The second-order valence-electron chi connectivity index (χ2n) is 23.0. The Kier molecular flexibility index (Phi) is 16.5. The number of ether oxygens (including phenoxy) is 8. The van der Waals surface area contributed by atoms with Crippen LogP contribution in [0.3, 0.4) is 0 Å². The van der Waals surface area contributed by atoms with Crippen LogP contribution in [0.2, 0.25) is 18.1 Å². The molecule has 1 aromatic rings. The lowest BCUT2D eigenvalue weighted by molar-refractivity contribution is -0.292. The van der Waals surface area contributed by atoms with Crippen molar-refractivity contribution in [3.05, 3.63) is 59.1 Å². The largest absolute Gasteiger partial charge is 0.458 e. The summed E-state index contributed by atoms with van der Waals surface area (Å²) >= 11 is 3.49. The molecule has 9 rings (SSSR count). The van der Waals surface area contributed by atoms with Crippen molar-refractivity contribution in [3.8, 4) is 0 Å². The third-order valence-electron chi connectivity index (χ3n) is 16.9. The van der Waals surface area contributed by atoms with E-state index in [1.54, 1.807) is 12.1 Å². The van der Waals surface area contributed by atoms with Gasteiger partial charge in [-0.3, -0.25) is 4.79 Å². The molecule has 0 radical (unpaired) electrons. The molecule has 0 aromatic heterocycles. The summed E-state index contributed by atoms with van der Waals surface area (Å²) in [5, 5.41) is 0.126. The first kappa shape index (κ1) is 52.2. The van der Waals surface area contributed by atoms with Gasteiger partial charge in [-0.25, -0.2) is 4.79 Å². The summed E-state index contributed by atoms with van der Waals surface area (Å²) in [6.07, 6.45) is 5.25. The summed E-state index contributed by atoms with van der Waals surface area (Å²) < 4.78 is 61.3. The van der Waals surface area contributed by atoms with Crippen molar-refractivity contribution >= 4 is 42.3 Å². The molecule has 8 heterocycles. The summed E-state index contributed by atoms with van der Waals surface area (Å²) in [6.45, 7) is 27.3. The van der Waals surface area contributed by atoms with Crippen molar-refractivity contribution in [2.24, 2.45) is 23.7 Å². The molecular weight excluding hydrogens is 949 g/mol. The van der Waals surface area contributed by atoms with Crippen LogP contribution in [0.15, 0.2) is 53.5 Å². The molecule has 68 heavy (non-hydrogen) atoms. The number of hydrogen-bond donors (Lipinski definition) is 0. The van der Waals surface area contributed by atoms with E-state index in [0.29, 0.717) is 70.0 Å². The number of carbonyl (C=O) groups excluding carboxylic acids is 3. The Hall–Kier alpha value is -2.11. The summed E-state index contributed by atoms with van der Waals surface area (Å²) in [7, 11) is -1.92. The minimum absolute atomic E-state index is 0.00602. The van der Waals surface area contributed by atoms with E-state index in [4.69, 9.17) is 42.3 Å². The predicted molar refractivity (Wildman–Crippen MR) is 264 cm³/mol. The molecule has 8 fully saturated rings. The fraction of sp³-hybridized carbons (Fsp3) is 0.759. The second kappa shape index (κ2) is 21.5. The van der Waals surface area contributed by atoms with Crippen LogP contribution in [0, 0.1) is 23.7 Å². The Morgan fingerprint density at radius 2 is 1.65 bits per heavy atom. The molecule has 14 heteroatoms. The van der Waals surface area contributed by atoms with Gasteiger partial charge in [-0.05, 0) is 103 Å². The van der Waals surface area contributed by atoms with Crippen molar-refractivity contribution in [1.29, 1.82) is 0 Å². The summed E-state index contributed by atoms with van der Waals surface area (Å²) in [4.78, 5) is 38.9. The molecule has 0 amide bonds. The zero-order valence-corrected chi connectivity index (χ0v) is 44.5. The van der Waals surface area contributed by atoms with Crippen LogP contribution in [0.25, 0.3) is 0 Å². The maximum absolute atomic E-state index is 14.4. The van der Waals surface area contributed by atoms with Gasteiger partial charge in [0, 0.05) is 51.6 Å². The number of benzene rings is 1. The van der Waals surface area contributed by atoms with Gasteiger partial charge in [0.2, 0.25) is 0 Å².